The van der Waals surface area contributed by atoms with Gasteiger partial charge in [0.2, 0.25) is 0 Å². The molecule has 3 N–H and O–H groups in total. The van der Waals surface area contributed by atoms with Gasteiger partial charge in [0.1, 0.15) is 11.7 Å². The van der Waals surface area contributed by atoms with Crippen LogP contribution in [-0.2, 0) is 9.53 Å². The lowest BCUT2D eigenvalue weighted by atomic mass is 10.2. The average Bonchev–Trinajstić information content (AvgIpc) is 2.83. The van der Waals surface area contributed by atoms with E-state index in [1.807, 2.05) is 0 Å². The first kappa shape index (κ1) is 14.9. The maximum absolute atomic E-state index is 11.8. The smallest absolute Gasteiger partial charge is 0.326 e. The minimum atomic E-state index is -1.14. The van der Waals surface area contributed by atoms with Crippen molar-refractivity contribution in [3.63, 3.8) is 0 Å². The van der Waals surface area contributed by atoms with Crippen molar-refractivity contribution < 1.29 is 24.2 Å². The SMILES string of the molecule is COCCC(NC(=O)c1cc(C(C)=O)c[nH]1)C(=O)O. The summed E-state index contributed by atoms with van der Waals surface area (Å²) in [7, 11) is 1.45. The van der Waals surface area contributed by atoms with E-state index >= 15 is 0 Å². The predicted octanol–water partition coefficient (Wildman–Crippen LogP) is 0.437. The molecule has 1 heterocycles. The highest BCUT2D eigenvalue weighted by Crippen LogP contribution is 2.05. The Labute approximate surface area is 110 Å². The third-order valence-corrected chi connectivity index (χ3v) is 2.55. The van der Waals surface area contributed by atoms with E-state index in [0.29, 0.717) is 5.56 Å². The van der Waals surface area contributed by atoms with Crippen molar-refractivity contribution in [3.8, 4) is 0 Å². The first-order valence-corrected chi connectivity index (χ1v) is 5.67. The Morgan fingerprint density at radius 3 is 2.63 bits per heavy atom. The summed E-state index contributed by atoms with van der Waals surface area (Å²) in [6.45, 7) is 1.60. The number of aromatic nitrogens is 1. The number of rotatable bonds is 7. The fraction of sp³-hybridized carbons (Fsp3) is 0.417. The van der Waals surface area contributed by atoms with E-state index in [2.05, 4.69) is 10.3 Å². The lowest BCUT2D eigenvalue weighted by molar-refractivity contribution is -0.139. The van der Waals surface area contributed by atoms with E-state index in [1.54, 1.807) is 0 Å². The van der Waals surface area contributed by atoms with Gasteiger partial charge >= 0.3 is 5.97 Å². The van der Waals surface area contributed by atoms with Crippen LogP contribution >= 0.6 is 0 Å². The van der Waals surface area contributed by atoms with Crippen LogP contribution in [0.4, 0.5) is 0 Å². The number of amides is 1. The van der Waals surface area contributed by atoms with Gasteiger partial charge in [-0.15, -0.1) is 0 Å². The molecule has 0 aliphatic carbocycles. The number of carboxylic acid groups (broad SMARTS) is 1. The van der Waals surface area contributed by atoms with Gasteiger partial charge in [-0.3, -0.25) is 9.59 Å². The molecule has 0 aromatic carbocycles. The maximum atomic E-state index is 11.8. The molecule has 0 saturated heterocycles. The van der Waals surface area contributed by atoms with Crippen LogP contribution in [0.2, 0.25) is 0 Å². The van der Waals surface area contributed by atoms with E-state index in [0.717, 1.165) is 0 Å². The molecule has 0 fully saturated rings. The molecule has 0 bridgehead atoms. The van der Waals surface area contributed by atoms with Gasteiger partial charge in [0.15, 0.2) is 5.78 Å². The largest absolute Gasteiger partial charge is 0.480 e. The number of carbonyl (C=O) groups is 3. The Morgan fingerprint density at radius 2 is 2.16 bits per heavy atom. The first-order valence-electron chi connectivity index (χ1n) is 5.67. The molecule has 1 amide bonds. The number of carboxylic acids is 1. The average molecular weight is 268 g/mol. The highest BCUT2D eigenvalue weighted by Gasteiger charge is 2.21. The molecule has 0 aliphatic rings. The normalized spacial score (nSPS) is 11.9. The van der Waals surface area contributed by atoms with Crippen LogP contribution in [0.25, 0.3) is 0 Å². The van der Waals surface area contributed by atoms with Crippen molar-refractivity contribution in [2.45, 2.75) is 19.4 Å². The number of hydrogen-bond donors (Lipinski definition) is 3. The topological polar surface area (TPSA) is 108 Å². The fourth-order valence-corrected chi connectivity index (χ4v) is 1.46. The molecule has 1 aromatic rings. The Bertz CT molecular complexity index is 480. The summed E-state index contributed by atoms with van der Waals surface area (Å²) in [4.78, 5) is 36.5. The molecule has 0 saturated carbocycles. The molecule has 1 rings (SSSR count). The summed E-state index contributed by atoms with van der Waals surface area (Å²) in [5.41, 5.74) is 0.516. The molecule has 7 heteroatoms. The number of ketones is 1. The van der Waals surface area contributed by atoms with Gasteiger partial charge in [0.25, 0.3) is 5.91 Å². The van der Waals surface area contributed by atoms with Gasteiger partial charge in [0.05, 0.1) is 0 Å². The van der Waals surface area contributed by atoms with Gasteiger partial charge in [-0.2, -0.15) is 0 Å². The summed E-state index contributed by atoms with van der Waals surface area (Å²) < 4.78 is 4.78. The number of aliphatic carboxylic acids is 1. The number of nitrogens with one attached hydrogen (secondary N) is 2. The molecule has 104 valence electrons. The van der Waals surface area contributed by atoms with Gasteiger partial charge in [-0.05, 0) is 13.0 Å². The van der Waals surface area contributed by atoms with Crippen LogP contribution in [0.15, 0.2) is 12.3 Å². The minimum Gasteiger partial charge on any atom is -0.480 e. The third-order valence-electron chi connectivity index (χ3n) is 2.55. The lowest BCUT2D eigenvalue weighted by Gasteiger charge is -2.13. The number of Topliss-reactive ketones (excluding diaryl/α,β-unsaturated/α-hetero) is 1. The molecular formula is C12H16N2O5. The van der Waals surface area contributed by atoms with Crippen LogP contribution in [0.5, 0.6) is 0 Å². The number of methoxy groups -OCH3 is 1. The van der Waals surface area contributed by atoms with E-state index in [1.165, 1.54) is 26.3 Å². The van der Waals surface area contributed by atoms with E-state index in [9.17, 15) is 14.4 Å². The van der Waals surface area contributed by atoms with Gasteiger partial charge < -0.3 is 20.1 Å². The van der Waals surface area contributed by atoms with Crippen molar-refractivity contribution >= 4 is 17.7 Å². The highest BCUT2D eigenvalue weighted by atomic mass is 16.5. The lowest BCUT2D eigenvalue weighted by Crippen LogP contribution is -2.41. The zero-order valence-corrected chi connectivity index (χ0v) is 10.7. The summed E-state index contributed by atoms with van der Waals surface area (Å²) >= 11 is 0. The van der Waals surface area contributed by atoms with Crippen LogP contribution in [-0.4, -0.2) is 47.5 Å². The Balaban J connectivity index is 2.70. The Hall–Kier alpha value is -2.15. The first-order chi connectivity index (χ1) is 8.95. The summed E-state index contributed by atoms with van der Waals surface area (Å²) in [6.07, 6.45) is 1.57. The molecule has 1 aromatic heterocycles. The van der Waals surface area contributed by atoms with E-state index in [4.69, 9.17) is 9.84 Å². The third kappa shape index (κ3) is 4.22. The molecule has 19 heavy (non-hydrogen) atoms. The second kappa shape index (κ2) is 6.69. The van der Waals surface area contributed by atoms with Crippen LogP contribution in [0.1, 0.15) is 34.2 Å². The Kier molecular flexibility index (Phi) is 5.25. The minimum absolute atomic E-state index is 0.147. The van der Waals surface area contributed by atoms with Crippen molar-refractivity contribution in [2.24, 2.45) is 0 Å². The van der Waals surface area contributed by atoms with E-state index in [-0.39, 0.29) is 24.5 Å². The molecule has 0 spiro atoms. The highest BCUT2D eigenvalue weighted by molar-refractivity contribution is 6.00. The molecule has 0 aliphatic heterocycles. The Morgan fingerprint density at radius 1 is 1.47 bits per heavy atom. The summed E-state index contributed by atoms with van der Waals surface area (Å²) in [5.74, 6) is -1.88. The van der Waals surface area contributed by atoms with Crippen molar-refractivity contribution in [1.82, 2.24) is 10.3 Å². The zero-order valence-electron chi connectivity index (χ0n) is 10.7. The molecule has 1 atom stereocenters. The van der Waals surface area contributed by atoms with Crippen molar-refractivity contribution in [1.29, 1.82) is 0 Å². The van der Waals surface area contributed by atoms with Gasteiger partial charge in [-0.25, -0.2) is 4.79 Å². The van der Waals surface area contributed by atoms with Gasteiger partial charge in [0, 0.05) is 31.9 Å². The second-order valence-electron chi connectivity index (χ2n) is 4.00. The quantitative estimate of drug-likeness (QED) is 0.622. The number of ether oxygens (including phenoxy) is 1. The molecule has 1 unspecified atom stereocenters. The van der Waals surface area contributed by atoms with Crippen molar-refractivity contribution in [2.75, 3.05) is 13.7 Å². The maximum Gasteiger partial charge on any atom is 0.326 e. The molecule has 7 nitrogen and oxygen atoms in total. The number of H-pyrrole nitrogens is 1. The zero-order chi connectivity index (χ0) is 14.4. The number of hydrogen-bond acceptors (Lipinski definition) is 4. The molecule has 0 radical (unpaired) electrons. The van der Waals surface area contributed by atoms with Crippen LogP contribution in [0, 0.1) is 0 Å². The molecular weight excluding hydrogens is 252 g/mol. The van der Waals surface area contributed by atoms with Gasteiger partial charge in [-0.1, -0.05) is 0 Å². The number of aromatic amines is 1. The van der Waals surface area contributed by atoms with Crippen LogP contribution < -0.4 is 5.32 Å². The van der Waals surface area contributed by atoms with Crippen LogP contribution in [0.3, 0.4) is 0 Å². The second-order valence-corrected chi connectivity index (χ2v) is 4.00. The summed E-state index contributed by atoms with van der Waals surface area (Å²) in [5, 5.41) is 11.3. The standard InChI is InChI=1S/C12H16N2O5/c1-7(15)8-5-10(13-6-8)11(16)14-9(12(17)18)3-4-19-2/h5-6,9,13H,3-4H2,1-2H3,(H,14,16)(H,17,18). The van der Waals surface area contributed by atoms with Crippen molar-refractivity contribution in [3.05, 3.63) is 23.5 Å². The number of carbonyl (C=O) groups excluding carboxylic acids is 2. The summed E-state index contributed by atoms with van der Waals surface area (Å²) in [6, 6.07) is 0.351. The monoisotopic (exact) mass is 268 g/mol. The predicted molar refractivity (Wildman–Crippen MR) is 66.2 cm³/mol. The van der Waals surface area contributed by atoms with E-state index < -0.39 is 17.9 Å². The fourth-order valence-electron chi connectivity index (χ4n) is 1.46.